The van der Waals surface area contributed by atoms with Crippen molar-refractivity contribution in [2.75, 3.05) is 28.6 Å². The minimum atomic E-state index is -0.213. The molecular weight excluding hydrogens is 599 g/mol. The van der Waals surface area contributed by atoms with Gasteiger partial charge in [0.25, 0.3) is 0 Å². The number of carbonyl (C=O) groups excluding carboxylic acids is 3. The number of nitrogens with zero attached hydrogens (tertiary/aromatic N) is 8. The summed E-state index contributed by atoms with van der Waals surface area (Å²) in [5.41, 5.74) is 2.64. The molecule has 0 bridgehead atoms. The van der Waals surface area contributed by atoms with Gasteiger partial charge in [-0.1, -0.05) is 41.5 Å². The van der Waals surface area contributed by atoms with Crippen LogP contribution in [0.25, 0.3) is 11.4 Å². The van der Waals surface area contributed by atoms with Crippen LogP contribution in [-0.4, -0.2) is 65.3 Å². The second kappa shape index (κ2) is 15.9. The number of hydrogen-bond donors (Lipinski definition) is 0. The summed E-state index contributed by atoms with van der Waals surface area (Å²) in [6.07, 6.45) is 11.6. The van der Waals surface area contributed by atoms with Gasteiger partial charge in [-0.05, 0) is 44.2 Å². The quantitative estimate of drug-likeness (QED) is 0.214. The Kier molecular flexibility index (Phi) is 12.3. The summed E-state index contributed by atoms with van der Waals surface area (Å²) in [4.78, 5) is 46.2. The van der Waals surface area contributed by atoms with Crippen LogP contribution in [-0.2, 0) is 14.4 Å². The molecule has 0 aliphatic carbocycles. The van der Waals surface area contributed by atoms with E-state index in [4.69, 9.17) is 23.2 Å². The van der Waals surface area contributed by atoms with Gasteiger partial charge in [0.15, 0.2) is 15.4 Å². The van der Waals surface area contributed by atoms with Gasteiger partial charge in [0, 0.05) is 44.6 Å². The number of rotatable bonds is 10. The third-order valence-corrected chi connectivity index (χ3v) is 7.05. The summed E-state index contributed by atoms with van der Waals surface area (Å²) in [6.45, 7) is 9.66. The first kappa shape index (κ1) is 32.5. The monoisotopic (exact) mass is 628 g/mol. The van der Waals surface area contributed by atoms with E-state index in [9.17, 15) is 14.4 Å². The highest BCUT2D eigenvalue weighted by Crippen LogP contribution is 2.27. The van der Waals surface area contributed by atoms with Crippen LogP contribution in [0.1, 0.15) is 27.2 Å². The van der Waals surface area contributed by atoms with E-state index < -0.39 is 0 Å². The second-order valence-corrected chi connectivity index (χ2v) is 10.4. The van der Waals surface area contributed by atoms with E-state index in [0.717, 1.165) is 23.1 Å². The number of carbonyl (C=O) groups is 3. The molecule has 0 radical (unpaired) electrons. The molecule has 0 fully saturated rings. The summed E-state index contributed by atoms with van der Waals surface area (Å²) < 4.78 is 3.18. The van der Waals surface area contributed by atoms with Gasteiger partial charge in [-0.2, -0.15) is 10.2 Å². The molecule has 4 aromatic rings. The fourth-order valence-electron chi connectivity index (χ4n) is 3.75. The van der Waals surface area contributed by atoms with Crippen LogP contribution >= 0.6 is 35.0 Å². The van der Waals surface area contributed by atoms with Gasteiger partial charge in [0.05, 0.1) is 36.2 Å². The van der Waals surface area contributed by atoms with Gasteiger partial charge in [-0.15, -0.1) is 0 Å². The summed E-state index contributed by atoms with van der Waals surface area (Å²) in [5, 5.41) is 8.93. The Morgan fingerprint density at radius 2 is 1.40 bits per heavy atom. The van der Waals surface area contributed by atoms with Crippen LogP contribution in [0.5, 0.6) is 0 Å². The zero-order chi connectivity index (χ0) is 30.6. The molecule has 0 spiro atoms. The molecule has 11 nitrogen and oxygen atoms in total. The molecule has 0 unspecified atom stereocenters. The molecule has 0 aliphatic rings. The highest BCUT2D eigenvalue weighted by Gasteiger charge is 2.20. The smallest absolute Gasteiger partial charge is 0.250 e. The van der Waals surface area contributed by atoms with E-state index in [1.807, 2.05) is 26.0 Å². The molecule has 42 heavy (non-hydrogen) atoms. The number of anilines is 2. The van der Waals surface area contributed by atoms with Crippen molar-refractivity contribution in [3.63, 3.8) is 0 Å². The van der Waals surface area contributed by atoms with E-state index in [0.29, 0.717) is 30.2 Å². The average Bonchev–Trinajstić information content (AvgIpc) is 3.57. The molecule has 220 valence electrons. The van der Waals surface area contributed by atoms with E-state index in [1.165, 1.54) is 17.9 Å². The van der Waals surface area contributed by atoms with Crippen molar-refractivity contribution >= 4 is 63.3 Å². The van der Waals surface area contributed by atoms with Gasteiger partial charge in [0.1, 0.15) is 11.4 Å². The summed E-state index contributed by atoms with van der Waals surface area (Å²) in [5.74, 6) is 0.156. The molecule has 0 aliphatic heterocycles. The highest BCUT2D eigenvalue weighted by atomic mass is 35.5. The van der Waals surface area contributed by atoms with Gasteiger partial charge >= 0.3 is 0 Å². The molecule has 0 aromatic carbocycles. The molecule has 4 heterocycles. The molecule has 14 heteroatoms. The topological polar surface area (TPSA) is 119 Å². The summed E-state index contributed by atoms with van der Waals surface area (Å²) in [7, 11) is 0. The molecule has 0 atom stereocenters. The molecule has 4 rings (SSSR count). The number of halogens is 2. The Morgan fingerprint density at radius 1 is 0.905 bits per heavy atom. The summed E-state index contributed by atoms with van der Waals surface area (Å²) in [6, 6.07) is 7.30. The highest BCUT2D eigenvalue weighted by molar-refractivity contribution is 8.13. The van der Waals surface area contributed by atoms with Crippen molar-refractivity contribution in [2.24, 2.45) is 0 Å². The molecule has 4 aromatic heterocycles. The Balaban J connectivity index is 0.000000235. The number of aromatic nitrogens is 6. The number of likely N-dealkylation sites (N-methyl/N-ethyl adjacent to an activating group) is 1. The van der Waals surface area contributed by atoms with Gasteiger partial charge in [0.2, 0.25) is 11.8 Å². The minimum absolute atomic E-state index is 0.00304. The van der Waals surface area contributed by atoms with E-state index in [-0.39, 0.29) is 33.7 Å². The maximum absolute atomic E-state index is 12.3. The first-order valence-corrected chi connectivity index (χ1v) is 14.6. The Labute approximate surface area is 258 Å². The number of amides is 2. The van der Waals surface area contributed by atoms with Crippen molar-refractivity contribution in [1.82, 2.24) is 29.5 Å². The van der Waals surface area contributed by atoms with Gasteiger partial charge < -0.3 is 9.80 Å². The Bertz CT molecular complexity index is 1510. The first-order valence-electron chi connectivity index (χ1n) is 12.9. The van der Waals surface area contributed by atoms with Crippen LogP contribution in [0, 0.1) is 0 Å². The van der Waals surface area contributed by atoms with E-state index in [2.05, 4.69) is 26.7 Å². The number of hydrogen-bond acceptors (Lipinski definition) is 8. The lowest BCUT2D eigenvalue weighted by Gasteiger charge is -2.19. The molecular formula is C28H30Cl2N8O3S. The standard InChI is InChI=1S/C15H17ClN4O2S.C13H13ClN4O/c1-3-19(14(22)6-8-23-11(2)21)13-10-20(18-15(13)16)12-5-4-7-17-9-12;1-3-12(19)17(4-2)11-9-18(16-13(11)14)10-6-5-7-15-8-10/h4-5,7,9-10H,3,6,8H2,1-2H3;3,5-9H,1,4H2,2H3. The Morgan fingerprint density at radius 3 is 1.81 bits per heavy atom. The minimum Gasteiger partial charge on any atom is -0.308 e. The SMILES string of the molecule is C=CC(=O)N(CC)c1cn(-c2cccnc2)nc1Cl.CCN(C(=O)CCSC(C)=O)c1cn(-c2cccnc2)nc1Cl. The van der Waals surface area contributed by atoms with E-state index in [1.54, 1.807) is 63.6 Å². The summed E-state index contributed by atoms with van der Waals surface area (Å²) >= 11 is 13.4. The Hall–Kier alpha value is -4.00. The van der Waals surface area contributed by atoms with Crippen LogP contribution < -0.4 is 9.80 Å². The lowest BCUT2D eigenvalue weighted by atomic mass is 10.3. The average molecular weight is 630 g/mol. The molecule has 0 saturated heterocycles. The van der Waals surface area contributed by atoms with Crippen molar-refractivity contribution in [2.45, 2.75) is 27.2 Å². The van der Waals surface area contributed by atoms with E-state index >= 15 is 0 Å². The lowest BCUT2D eigenvalue weighted by molar-refractivity contribution is -0.118. The van der Waals surface area contributed by atoms with Gasteiger partial charge in [-0.25, -0.2) is 9.36 Å². The number of pyridine rings is 2. The van der Waals surface area contributed by atoms with Crippen LogP contribution in [0.4, 0.5) is 11.4 Å². The van der Waals surface area contributed by atoms with Crippen molar-refractivity contribution in [1.29, 1.82) is 0 Å². The number of thioether (sulfide) groups is 1. The van der Waals surface area contributed by atoms with Crippen LogP contribution in [0.3, 0.4) is 0 Å². The van der Waals surface area contributed by atoms with Crippen LogP contribution in [0.2, 0.25) is 10.3 Å². The zero-order valence-electron chi connectivity index (χ0n) is 23.4. The van der Waals surface area contributed by atoms with Crippen molar-refractivity contribution < 1.29 is 14.4 Å². The molecule has 0 N–H and O–H groups in total. The molecule has 0 saturated carbocycles. The third kappa shape index (κ3) is 8.51. The third-order valence-electron chi connectivity index (χ3n) is 5.70. The first-order chi connectivity index (χ1) is 20.2. The van der Waals surface area contributed by atoms with Crippen LogP contribution in [0.15, 0.2) is 74.1 Å². The van der Waals surface area contributed by atoms with Gasteiger partial charge in [-0.3, -0.25) is 24.4 Å². The predicted octanol–water partition coefficient (Wildman–Crippen LogP) is 5.40. The van der Waals surface area contributed by atoms with Crippen molar-refractivity contribution in [3.05, 3.63) is 84.4 Å². The second-order valence-electron chi connectivity index (χ2n) is 8.44. The largest absolute Gasteiger partial charge is 0.308 e. The zero-order valence-corrected chi connectivity index (χ0v) is 25.7. The predicted molar refractivity (Wildman–Crippen MR) is 167 cm³/mol. The maximum atomic E-state index is 12.3. The molecule has 2 amide bonds. The lowest BCUT2D eigenvalue weighted by Crippen LogP contribution is -2.30. The van der Waals surface area contributed by atoms with Crippen molar-refractivity contribution in [3.8, 4) is 11.4 Å². The fraction of sp³-hybridized carbons (Fsp3) is 0.250. The normalized spacial score (nSPS) is 10.4. The maximum Gasteiger partial charge on any atom is 0.250 e. The fourth-order valence-corrected chi connectivity index (χ4v) is 4.77.